The van der Waals surface area contributed by atoms with Crippen LogP contribution in [0.2, 0.25) is 0 Å². The number of hydrogen-bond acceptors (Lipinski definition) is 2. The SMILES string of the molecule is CCOCC(NC1CCCCCCC1)C(C)C. The van der Waals surface area contributed by atoms with Crippen LogP contribution in [0.4, 0.5) is 0 Å². The minimum absolute atomic E-state index is 0.527. The predicted molar refractivity (Wildman–Crippen MR) is 74.4 cm³/mol. The van der Waals surface area contributed by atoms with Crippen molar-refractivity contribution in [3.8, 4) is 0 Å². The zero-order valence-electron chi connectivity index (χ0n) is 12.0. The minimum Gasteiger partial charge on any atom is -0.380 e. The Hall–Kier alpha value is -0.0800. The van der Waals surface area contributed by atoms with E-state index >= 15 is 0 Å². The molecule has 17 heavy (non-hydrogen) atoms. The van der Waals surface area contributed by atoms with Crippen molar-refractivity contribution in [2.75, 3.05) is 13.2 Å². The number of nitrogens with one attached hydrogen (secondary N) is 1. The maximum absolute atomic E-state index is 5.59. The van der Waals surface area contributed by atoms with E-state index in [9.17, 15) is 0 Å². The largest absolute Gasteiger partial charge is 0.380 e. The van der Waals surface area contributed by atoms with E-state index in [1.165, 1.54) is 44.9 Å². The Labute approximate surface area is 108 Å². The van der Waals surface area contributed by atoms with Crippen LogP contribution in [0.5, 0.6) is 0 Å². The molecule has 1 unspecified atom stereocenters. The number of hydrogen-bond donors (Lipinski definition) is 1. The molecular formula is C15H31NO. The standard InChI is InChI=1S/C15H31NO/c1-4-17-12-15(13(2)3)16-14-10-8-6-5-7-9-11-14/h13-16H,4-12H2,1-3H3. The lowest BCUT2D eigenvalue weighted by Crippen LogP contribution is -2.44. The second-order valence-corrected chi connectivity index (χ2v) is 5.72. The van der Waals surface area contributed by atoms with Crippen LogP contribution in [0.3, 0.4) is 0 Å². The van der Waals surface area contributed by atoms with E-state index in [1.54, 1.807) is 0 Å². The van der Waals surface area contributed by atoms with Crippen molar-refractivity contribution in [2.45, 2.75) is 77.8 Å². The lowest BCUT2D eigenvalue weighted by atomic mass is 9.94. The van der Waals surface area contributed by atoms with Crippen LogP contribution in [0.15, 0.2) is 0 Å². The first-order chi connectivity index (χ1) is 8.24. The molecule has 0 spiro atoms. The van der Waals surface area contributed by atoms with Gasteiger partial charge in [0.25, 0.3) is 0 Å². The summed E-state index contributed by atoms with van der Waals surface area (Å²) in [5, 5.41) is 3.83. The lowest BCUT2D eigenvalue weighted by molar-refractivity contribution is 0.101. The summed E-state index contributed by atoms with van der Waals surface area (Å²) in [6.45, 7) is 8.35. The van der Waals surface area contributed by atoms with Gasteiger partial charge in [0.2, 0.25) is 0 Å². The van der Waals surface area contributed by atoms with Gasteiger partial charge in [-0.15, -0.1) is 0 Å². The summed E-state index contributed by atoms with van der Waals surface area (Å²) < 4.78 is 5.59. The number of rotatable bonds is 6. The van der Waals surface area contributed by atoms with Gasteiger partial charge in [-0.3, -0.25) is 0 Å². The first kappa shape index (κ1) is 15.0. The first-order valence-corrected chi connectivity index (χ1v) is 7.57. The Morgan fingerprint density at radius 1 is 1.06 bits per heavy atom. The van der Waals surface area contributed by atoms with Gasteiger partial charge < -0.3 is 10.1 Å². The zero-order valence-corrected chi connectivity index (χ0v) is 12.0. The van der Waals surface area contributed by atoms with Crippen molar-refractivity contribution >= 4 is 0 Å². The van der Waals surface area contributed by atoms with Gasteiger partial charge in [-0.1, -0.05) is 46.0 Å². The van der Waals surface area contributed by atoms with Crippen LogP contribution < -0.4 is 5.32 Å². The molecule has 102 valence electrons. The van der Waals surface area contributed by atoms with E-state index in [2.05, 4.69) is 26.1 Å². The molecule has 0 heterocycles. The Morgan fingerprint density at radius 2 is 1.65 bits per heavy atom. The molecule has 0 amide bonds. The molecular weight excluding hydrogens is 210 g/mol. The minimum atomic E-state index is 0.527. The highest BCUT2D eigenvalue weighted by atomic mass is 16.5. The quantitative estimate of drug-likeness (QED) is 0.764. The molecule has 0 saturated heterocycles. The van der Waals surface area contributed by atoms with Gasteiger partial charge in [0.15, 0.2) is 0 Å². The van der Waals surface area contributed by atoms with E-state index in [4.69, 9.17) is 4.74 Å². The summed E-state index contributed by atoms with van der Waals surface area (Å²) in [6, 6.07) is 1.25. The molecule has 1 aliphatic rings. The van der Waals surface area contributed by atoms with Gasteiger partial charge >= 0.3 is 0 Å². The average molecular weight is 241 g/mol. The molecule has 1 saturated carbocycles. The zero-order chi connectivity index (χ0) is 12.5. The van der Waals surface area contributed by atoms with Crippen LogP contribution >= 0.6 is 0 Å². The molecule has 0 bridgehead atoms. The normalized spacial score (nSPS) is 21.2. The Morgan fingerprint density at radius 3 is 2.18 bits per heavy atom. The molecule has 0 aromatic rings. The lowest BCUT2D eigenvalue weighted by Gasteiger charge is -2.29. The molecule has 1 fully saturated rings. The Balaban J connectivity index is 2.34. The second-order valence-electron chi connectivity index (χ2n) is 5.72. The average Bonchev–Trinajstić information content (AvgIpc) is 2.26. The molecule has 0 aromatic heterocycles. The molecule has 0 aromatic carbocycles. The third kappa shape index (κ3) is 6.42. The van der Waals surface area contributed by atoms with Crippen LogP contribution in [0, 0.1) is 5.92 Å². The highest BCUT2D eigenvalue weighted by molar-refractivity contribution is 4.77. The van der Waals surface area contributed by atoms with E-state index in [-0.39, 0.29) is 0 Å². The summed E-state index contributed by atoms with van der Waals surface area (Å²) in [7, 11) is 0. The third-order valence-corrected chi connectivity index (χ3v) is 3.86. The topological polar surface area (TPSA) is 21.3 Å². The monoisotopic (exact) mass is 241 g/mol. The van der Waals surface area contributed by atoms with Crippen LogP contribution in [0.1, 0.15) is 65.7 Å². The fraction of sp³-hybridized carbons (Fsp3) is 1.00. The second kappa shape index (κ2) is 8.93. The fourth-order valence-corrected chi connectivity index (χ4v) is 2.60. The highest BCUT2D eigenvalue weighted by Crippen LogP contribution is 2.18. The van der Waals surface area contributed by atoms with Crippen molar-refractivity contribution < 1.29 is 4.74 Å². The van der Waals surface area contributed by atoms with E-state index in [1.807, 2.05) is 0 Å². The van der Waals surface area contributed by atoms with Gasteiger partial charge in [0.1, 0.15) is 0 Å². The van der Waals surface area contributed by atoms with Gasteiger partial charge in [-0.25, -0.2) is 0 Å². The molecule has 0 aliphatic heterocycles. The molecule has 1 aliphatic carbocycles. The Kier molecular flexibility index (Phi) is 7.87. The van der Waals surface area contributed by atoms with E-state index in [0.29, 0.717) is 12.0 Å². The van der Waals surface area contributed by atoms with Crippen molar-refractivity contribution in [1.29, 1.82) is 0 Å². The smallest absolute Gasteiger partial charge is 0.0622 e. The summed E-state index contributed by atoms with van der Waals surface area (Å²) in [5.41, 5.74) is 0. The summed E-state index contributed by atoms with van der Waals surface area (Å²) in [4.78, 5) is 0. The summed E-state index contributed by atoms with van der Waals surface area (Å²) in [6.07, 6.45) is 9.81. The van der Waals surface area contributed by atoms with E-state index in [0.717, 1.165) is 19.3 Å². The maximum Gasteiger partial charge on any atom is 0.0622 e. The number of ether oxygens (including phenoxy) is 1. The first-order valence-electron chi connectivity index (χ1n) is 7.57. The predicted octanol–water partition coefficient (Wildman–Crippen LogP) is 3.75. The van der Waals surface area contributed by atoms with Crippen molar-refractivity contribution in [3.05, 3.63) is 0 Å². The summed E-state index contributed by atoms with van der Waals surface area (Å²) >= 11 is 0. The summed E-state index contributed by atoms with van der Waals surface area (Å²) in [5.74, 6) is 0.659. The van der Waals surface area contributed by atoms with Crippen LogP contribution in [0.25, 0.3) is 0 Å². The highest BCUT2D eigenvalue weighted by Gasteiger charge is 2.18. The van der Waals surface area contributed by atoms with Crippen molar-refractivity contribution in [3.63, 3.8) is 0 Å². The molecule has 1 rings (SSSR count). The van der Waals surface area contributed by atoms with Crippen molar-refractivity contribution in [2.24, 2.45) is 5.92 Å². The van der Waals surface area contributed by atoms with Gasteiger partial charge in [-0.05, 0) is 25.7 Å². The molecule has 2 heteroatoms. The molecule has 1 N–H and O–H groups in total. The van der Waals surface area contributed by atoms with Crippen LogP contribution in [-0.4, -0.2) is 25.3 Å². The maximum atomic E-state index is 5.59. The molecule has 2 nitrogen and oxygen atoms in total. The van der Waals surface area contributed by atoms with E-state index < -0.39 is 0 Å². The van der Waals surface area contributed by atoms with Crippen LogP contribution in [-0.2, 0) is 4.74 Å². The fourth-order valence-electron chi connectivity index (χ4n) is 2.60. The Bertz CT molecular complexity index is 174. The third-order valence-electron chi connectivity index (χ3n) is 3.86. The van der Waals surface area contributed by atoms with Crippen molar-refractivity contribution in [1.82, 2.24) is 5.32 Å². The molecule has 1 atom stereocenters. The van der Waals surface area contributed by atoms with Gasteiger partial charge in [0, 0.05) is 18.7 Å². The van der Waals surface area contributed by atoms with Gasteiger partial charge in [0.05, 0.1) is 6.61 Å². The molecule has 0 radical (unpaired) electrons. The van der Waals surface area contributed by atoms with Gasteiger partial charge in [-0.2, -0.15) is 0 Å².